The van der Waals surface area contributed by atoms with Gasteiger partial charge in [0.1, 0.15) is 0 Å². The van der Waals surface area contributed by atoms with E-state index in [0.717, 1.165) is 36.3 Å². The van der Waals surface area contributed by atoms with Crippen molar-refractivity contribution in [3.8, 4) is 0 Å². The van der Waals surface area contributed by atoms with Gasteiger partial charge in [-0.1, -0.05) is 6.42 Å². The zero-order valence-electron chi connectivity index (χ0n) is 14.2. The van der Waals surface area contributed by atoms with Crippen molar-refractivity contribution in [2.24, 2.45) is 0 Å². The Balaban J connectivity index is 1.87. The van der Waals surface area contributed by atoms with Crippen molar-refractivity contribution in [3.05, 3.63) is 29.3 Å². The number of aromatic nitrogens is 3. The van der Waals surface area contributed by atoms with Gasteiger partial charge >= 0.3 is 0 Å². The topological polar surface area (TPSA) is 67.6 Å². The summed E-state index contributed by atoms with van der Waals surface area (Å²) < 4.78 is 26.1. The first kappa shape index (κ1) is 16.4. The molecule has 1 aliphatic rings. The Labute approximate surface area is 137 Å². The van der Waals surface area contributed by atoms with Crippen LogP contribution in [0, 0.1) is 13.8 Å². The lowest BCUT2D eigenvalue weighted by Gasteiger charge is -2.28. The molecular weight excluding hydrogens is 312 g/mol. The van der Waals surface area contributed by atoms with E-state index in [9.17, 15) is 8.42 Å². The van der Waals surface area contributed by atoms with E-state index in [2.05, 4.69) is 14.9 Å². The molecule has 1 aliphatic carbocycles. The van der Waals surface area contributed by atoms with Gasteiger partial charge in [0.15, 0.2) is 9.84 Å². The number of hydrogen-bond donors (Lipinski definition) is 0. The molecule has 0 aliphatic heterocycles. The van der Waals surface area contributed by atoms with E-state index in [4.69, 9.17) is 0 Å². The molecule has 3 rings (SSSR count). The van der Waals surface area contributed by atoms with E-state index in [1.54, 1.807) is 0 Å². The summed E-state index contributed by atoms with van der Waals surface area (Å²) in [4.78, 5) is 11.0. The van der Waals surface area contributed by atoms with Gasteiger partial charge in [-0.25, -0.2) is 18.4 Å². The molecule has 1 fully saturated rings. The predicted octanol–water partition coefficient (Wildman–Crippen LogP) is 1.74. The average Bonchev–Trinajstić information content (AvgIpc) is 3.04. The number of aryl methyl sites for hydroxylation is 2. The molecule has 2 heterocycles. The normalized spacial score (nSPS) is 22.3. The highest BCUT2D eigenvalue weighted by Gasteiger charge is 2.37. The van der Waals surface area contributed by atoms with Gasteiger partial charge in [-0.3, -0.25) is 9.30 Å². The SMILES string of the molecule is Cc1cc(C)n2c(CN(C)C3CCCC3S(C)(=O)=O)cnc2n1. The van der Waals surface area contributed by atoms with Crippen LogP contribution in [-0.4, -0.2) is 52.3 Å². The van der Waals surface area contributed by atoms with E-state index in [1.165, 1.54) is 6.26 Å². The van der Waals surface area contributed by atoms with E-state index in [-0.39, 0.29) is 11.3 Å². The summed E-state index contributed by atoms with van der Waals surface area (Å²) in [5, 5.41) is -0.256. The maximum Gasteiger partial charge on any atom is 0.234 e. The third kappa shape index (κ3) is 3.12. The first-order valence-electron chi connectivity index (χ1n) is 7.97. The molecule has 2 atom stereocenters. The summed E-state index contributed by atoms with van der Waals surface area (Å²) in [5.41, 5.74) is 3.10. The summed E-state index contributed by atoms with van der Waals surface area (Å²) >= 11 is 0. The van der Waals surface area contributed by atoms with E-state index in [0.29, 0.717) is 12.3 Å². The Morgan fingerprint density at radius 2 is 2.09 bits per heavy atom. The molecular formula is C16H24N4O2S. The molecule has 0 aromatic carbocycles. The third-order valence-electron chi connectivity index (χ3n) is 4.81. The van der Waals surface area contributed by atoms with Gasteiger partial charge in [0.25, 0.3) is 0 Å². The van der Waals surface area contributed by atoms with Crippen molar-refractivity contribution in [1.29, 1.82) is 0 Å². The quantitative estimate of drug-likeness (QED) is 0.851. The maximum atomic E-state index is 12.0. The molecule has 0 radical (unpaired) electrons. The zero-order valence-corrected chi connectivity index (χ0v) is 15.0. The smallest absolute Gasteiger partial charge is 0.234 e. The first-order chi connectivity index (χ1) is 10.8. The number of rotatable bonds is 4. The Bertz CT molecular complexity index is 828. The molecule has 2 aromatic heterocycles. The Kier molecular flexibility index (Phi) is 4.18. The molecule has 23 heavy (non-hydrogen) atoms. The molecule has 0 spiro atoms. The van der Waals surface area contributed by atoms with Gasteiger partial charge in [-0.05, 0) is 39.8 Å². The van der Waals surface area contributed by atoms with Gasteiger partial charge in [-0.2, -0.15) is 0 Å². The zero-order chi connectivity index (χ0) is 16.8. The summed E-state index contributed by atoms with van der Waals surface area (Å²) in [7, 11) is -1.00. The van der Waals surface area contributed by atoms with Crippen LogP contribution < -0.4 is 0 Å². The highest BCUT2D eigenvalue weighted by Crippen LogP contribution is 2.29. The van der Waals surface area contributed by atoms with Crippen LogP contribution in [0.1, 0.15) is 36.3 Å². The fourth-order valence-corrected chi connectivity index (χ4v) is 5.30. The summed E-state index contributed by atoms with van der Waals surface area (Å²) in [6.45, 7) is 4.67. The van der Waals surface area contributed by atoms with Crippen molar-refractivity contribution >= 4 is 15.6 Å². The minimum atomic E-state index is -3.01. The van der Waals surface area contributed by atoms with Gasteiger partial charge in [0, 0.05) is 30.2 Å². The largest absolute Gasteiger partial charge is 0.296 e. The van der Waals surface area contributed by atoms with Crippen molar-refractivity contribution in [2.75, 3.05) is 13.3 Å². The standard InChI is InChI=1S/C16H24N4O2S/c1-11-8-12(2)20-13(9-17-16(20)18-11)10-19(3)14-6-5-7-15(14)23(4,21)22/h8-9,14-15H,5-7,10H2,1-4H3. The lowest BCUT2D eigenvalue weighted by atomic mass is 10.2. The summed E-state index contributed by atoms with van der Waals surface area (Å²) in [5.74, 6) is 0.706. The molecule has 6 nitrogen and oxygen atoms in total. The molecule has 0 amide bonds. The van der Waals surface area contributed by atoms with E-state index < -0.39 is 9.84 Å². The minimum absolute atomic E-state index is 0.0780. The summed E-state index contributed by atoms with van der Waals surface area (Å²) in [6.07, 6.45) is 5.87. The monoisotopic (exact) mass is 336 g/mol. The molecule has 2 aromatic rings. The predicted molar refractivity (Wildman–Crippen MR) is 90.2 cm³/mol. The highest BCUT2D eigenvalue weighted by atomic mass is 32.2. The molecule has 126 valence electrons. The average molecular weight is 336 g/mol. The molecule has 1 saturated carbocycles. The molecule has 0 saturated heterocycles. The fourth-order valence-electron chi connectivity index (χ4n) is 3.79. The second kappa shape index (κ2) is 5.87. The van der Waals surface area contributed by atoms with Gasteiger partial charge in [0.05, 0.1) is 17.1 Å². The van der Waals surface area contributed by atoms with Crippen LogP contribution in [0.5, 0.6) is 0 Å². The molecule has 2 unspecified atom stereocenters. The van der Waals surface area contributed by atoms with Crippen LogP contribution in [-0.2, 0) is 16.4 Å². The number of nitrogens with zero attached hydrogens (tertiary/aromatic N) is 4. The second-order valence-electron chi connectivity index (χ2n) is 6.71. The van der Waals surface area contributed by atoms with E-state index in [1.807, 2.05) is 37.6 Å². The lowest BCUT2D eigenvalue weighted by molar-refractivity contribution is 0.235. The van der Waals surface area contributed by atoms with Gasteiger partial charge in [-0.15, -0.1) is 0 Å². The highest BCUT2D eigenvalue weighted by molar-refractivity contribution is 7.91. The van der Waals surface area contributed by atoms with Crippen molar-refractivity contribution in [3.63, 3.8) is 0 Å². The van der Waals surface area contributed by atoms with Crippen LogP contribution >= 0.6 is 0 Å². The van der Waals surface area contributed by atoms with Crippen LogP contribution in [0.15, 0.2) is 12.3 Å². The molecule has 0 N–H and O–H groups in total. The number of fused-ring (bicyclic) bond motifs is 1. The van der Waals surface area contributed by atoms with Crippen molar-refractivity contribution in [2.45, 2.75) is 50.9 Å². The minimum Gasteiger partial charge on any atom is -0.296 e. The van der Waals surface area contributed by atoms with Gasteiger partial charge in [0.2, 0.25) is 5.78 Å². The van der Waals surface area contributed by atoms with Gasteiger partial charge < -0.3 is 0 Å². The Morgan fingerprint density at radius 1 is 1.35 bits per heavy atom. The van der Waals surface area contributed by atoms with Crippen molar-refractivity contribution in [1.82, 2.24) is 19.3 Å². The van der Waals surface area contributed by atoms with Crippen LogP contribution in [0.2, 0.25) is 0 Å². The number of sulfone groups is 1. The maximum absolute atomic E-state index is 12.0. The van der Waals surface area contributed by atoms with E-state index >= 15 is 0 Å². The molecule has 7 heteroatoms. The Hall–Kier alpha value is -1.47. The van der Waals surface area contributed by atoms with Crippen molar-refractivity contribution < 1.29 is 8.42 Å². The van der Waals surface area contributed by atoms with Crippen LogP contribution in [0.3, 0.4) is 0 Å². The third-order valence-corrected chi connectivity index (χ3v) is 6.46. The van der Waals surface area contributed by atoms with Crippen LogP contribution in [0.4, 0.5) is 0 Å². The first-order valence-corrected chi connectivity index (χ1v) is 9.92. The number of imidazole rings is 1. The second-order valence-corrected chi connectivity index (χ2v) is 8.97. The molecule has 0 bridgehead atoms. The lowest BCUT2D eigenvalue weighted by Crippen LogP contribution is -2.41. The van der Waals surface area contributed by atoms with Crippen LogP contribution in [0.25, 0.3) is 5.78 Å². The number of hydrogen-bond acceptors (Lipinski definition) is 5. The summed E-state index contributed by atoms with van der Waals surface area (Å²) in [6, 6.07) is 2.11. The fraction of sp³-hybridized carbons (Fsp3) is 0.625. The Morgan fingerprint density at radius 3 is 2.78 bits per heavy atom.